The number of methoxy groups -OCH3 is 1. The van der Waals surface area contributed by atoms with Gasteiger partial charge in [0.05, 0.1) is 6.61 Å². The van der Waals surface area contributed by atoms with Crippen molar-refractivity contribution in [3.63, 3.8) is 0 Å². The summed E-state index contributed by atoms with van der Waals surface area (Å²) in [6, 6.07) is 8.63. The maximum Gasteiger partial charge on any atom is 0.191 e. The molecule has 0 bridgehead atoms. The number of ether oxygens (including phenoxy) is 2. The molecule has 1 aliphatic rings. The van der Waals surface area contributed by atoms with E-state index >= 15 is 0 Å². The summed E-state index contributed by atoms with van der Waals surface area (Å²) < 4.78 is 11.0. The highest BCUT2D eigenvalue weighted by Gasteiger charge is 2.19. The lowest BCUT2D eigenvalue weighted by atomic mass is 10.1. The van der Waals surface area contributed by atoms with Crippen LogP contribution in [-0.4, -0.2) is 70.5 Å². The Morgan fingerprint density at radius 3 is 2.67 bits per heavy atom. The van der Waals surface area contributed by atoms with E-state index in [-0.39, 0.29) is 0 Å². The molecule has 0 radical (unpaired) electrons. The Bertz CT molecular complexity index is 557. The van der Waals surface area contributed by atoms with Crippen LogP contribution in [0.4, 0.5) is 0 Å². The van der Waals surface area contributed by atoms with Crippen molar-refractivity contribution in [2.45, 2.75) is 38.6 Å². The summed E-state index contributed by atoms with van der Waals surface area (Å²) in [5.74, 6) is 1.86. The monoisotopic (exact) mass is 376 g/mol. The third-order valence-electron chi connectivity index (χ3n) is 4.94. The van der Waals surface area contributed by atoms with E-state index in [0.29, 0.717) is 12.6 Å². The van der Waals surface area contributed by atoms with E-state index < -0.39 is 0 Å². The number of aliphatic imine (C=N–C) groups is 1. The predicted molar refractivity (Wildman–Crippen MR) is 112 cm³/mol. The number of para-hydroxylation sites is 1. The topological polar surface area (TPSA) is 58.1 Å². The van der Waals surface area contributed by atoms with Crippen molar-refractivity contribution in [1.29, 1.82) is 0 Å². The first kappa shape index (κ1) is 21.5. The minimum atomic E-state index is 0.498. The normalized spacial score (nSPS) is 16.3. The Morgan fingerprint density at radius 2 is 1.96 bits per heavy atom. The molecule has 2 N–H and O–H groups in total. The number of hydrogen-bond acceptors (Lipinski definition) is 4. The van der Waals surface area contributed by atoms with Gasteiger partial charge >= 0.3 is 0 Å². The standard InChI is InChI=1S/C21H36N4O2/c1-18-8-4-5-9-20(18)27-17-6-12-23-21(22-2)24-19-10-14-25(15-11-19)13-7-16-26-3/h4-5,8-9,19H,6-7,10-17H2,1-3H3,(H2,22,23,24). The zero-order chi connectivity index (χ0) is 19.3. The lowest BCUT2D eigenvalue weighted by Gasteiger charge is -2.33. The highest BCUT2D eigenvalue weighted by molar-refractivity contribution is 5.79. The number of benzene rings is 1. The van der Waals surface area contributed by atoms with Crippen LogP contribution in [0.1, 0.15) is 31.2 Å². The molecule has 0 unspecified atom stereocenters. The Kier molecular flexibility index (Phi) is 10.0. The lowest BCUT2D eigenvalue weighted by molar-refractivity contribution is 0.155. The van der Waals surface area contributed by atoms with Crippen molar-refractivity contribution in [2.24, 2.45) is 4.99 Å². The van der Waals surface area contributed by atoms with Gasteiger partial charge in [0.25, 0.3) is 0 Å². The van der Waals surface area contributed by atoms with Crippen LogP contribution in [0, 0.1) is 6.92 Å². The second-order valence-corrected chi connectivity index (χ2v) is 7.07. The van der Waals surface area contributed by atoms with E-state index in [1.807, 2.05) is 25.2 Å². The van der Waals surface area contributed by atoms with Gasteiger partial charge in [-0.3, -0.25) is 4.99 Å². The fourth-order valence-corrected chi connectivity index (χ4v) is 3.30. The fraction of sp³-hybridized carbons (Fsp3) is 0.667. The van der Waals surface area contributed by atoms with E-state index in [9.17, 15) is 0 Å². The van der Waals surface area contributed by atoms with Gasteiger partial charge in [0.15, 0.2) is 5.96 Å². The smallest absolute Gasteiger partial charge is 0.191 e. The summed E-state index contributed by atoms with van der Waals surface area (Å²) >= 11 is 0. The molecular formula is C21H36N4O2. The molecule has 0 aliphatic carbocycles. The third kappa shape index (κ3) is 8.18. The van der Waals surface area contributed by atoms with Gasteiger partial charge in [-0.05, 0) is 44.2 Å². The quantitative estimate of drug-likeness (QED) is 0.373. The van der Waals surface area contributed by atoms with Crippen molar-refractivity contribution < 1.29 is 9.47 Å². The number of aryl methyl sites for hydroxylation is 1. The van der Waals surface area contributed by atoms with Gasteiger partial charge in [0.2, 0.25) is 0 Å². The fourth-order valence-electron chi connectivity index (χ4n) is 3.30. The SMILES string of the molecule is CN=C(NCCCOc1ccccc1C)NC1CCN(CCCOC)CC1. The third-order valence-corrected chi connectivity index (χ3v) is 4.94. The molecule has 1 aromatic rings. The summed E-state index contributed by atoms with van der Waals surface area (Å²) in [6.07, 6.45) is 4.36. The van der Waals surface area contributed by atoms with Gasteiger partial charge in [-0.15, -0.1) is 0 Å². The van der Waals surface area contributed by atoms with Crippen LogP contribution in [0.25, 0.3) is 0 Å². The Hall–Kier alpha value is -1.79. The highest BCUT2D eigenvalue weighted by Crippen LogP contribution is 2.16. The van der Waals surface area contributed by atoms with Crippen LogP contribution in [0.5, 0.6) is 5.75 Å². The molecule has 6 nitrogen and oxygen atoms in total. The molecule has 6 heteroatoms. The maximum absolute atomic E-state index is 5.84. The highest BCUT2D eigenvalue weighted by atomic mass is 16.5. The Balaban J connectivity index is 1.57. The van der Waals surface area contributed by atoms with E-state index in [1.54, 1.807) is 7.11 Å². The largest absolute Gasteiger partial charge is 0.493 e. The average Bonchev–Trinajstić information content (AvgIpc) is 2.69. The van der Waals surface area contributed by atoms with Gasteiger partial charge in [0.1, 0.15) is 5.75 Å². The summed E-state index contributed by atoms with van der Waals surface area (Å²) in [6.45, 7) is 7.89. The molecule has 1 aromatic carbocycles. The average molecular weight is 377 g/mol. The summed E-state index contributed by atoms with van der Waals surface area (Å²) in [4.78, 5) is 6.88. The van der Waals surface area contributed by atoms with Crippen LogP contribution in [0.3, 0.4) is 0 Å². The van der Waals surface area contributed by atoms with E-state index in [1.165, 1.54) is 5.56 Å². The molecule has 27 heavy (non-hydrogen) atoms. The van der Waals surface area contributed by atoms with Gasteiger partial charge in [0, 0.05) is 53.0 Å². The molecule has 0 spiro atoms. The lowest BCUT2D eigenvalue weighted by Crippen LogP contribution is -2.49. The molecule has 0 amide bonds. The number of nitrogens with zero attached hydrogens (tertiary/aromatic N) is 2. The molecule has 1 aliphatic heterocycles. The molecule has 0 aromatic heterocycles. The van der Waals surface area contributed by atoms with E-state index in [4.69, 9.17) is 9.47 Å². The Labute approximate surface area is 164 Å². The van der Waals surface area contributed by atoms with Gasteiger partial charge in [-0.1, -0.05) is 18.2 Å². The second-order valence-electron chi connectivity index (χ2n) is 7.07. The van der Waals surface area contributed by atoms with Crippen molar-refractivity contribution in [3.05, 3.63) is 29.8 Å². The summed E-state index contributed by atoms with van der Waals surface area (Å²) in [5, 5.41) is 6.96. The number of hydrogen-bond donors (Lipinski definition) is 2. The van der Waals surface area contributed by atoms with Crippen LogP contribution in [0.2, 0.25) is 0 Å². The first-order valence-electron chi connectivity index (χ1n) is 10.1. The number of nitrogens with one attached hydrogen (secondary N) is 2. The molecule has 1 saturated heterocycles. The number of piperidine rings is 1. The summed E-state index contributed by atoms with van der Waals surface area (Å²) in [7, 11) is 3.60. The molecule has 1 fully saturated rings. The van der Waals surface area contributed by atoms with E-state index in [2.05, 4.69) is 33.5 Å². The predicted octanol–water partition coefficient (Wildman–Crippen LogP) is 2.43. The Morgan fingerprint density at radius 1 is 1.19 bits per heavy atom. The molecular weight excluding hydrogens is 340 g/mol. The minimum Gasteiger partial charge on any atom is -0.493 e. The van der Waals surface area contributed by atoms with Gasteiger partial charge < -0.3 is 25.0 Å². The van der Waals surface area contributed by atoms with Crippen molar-refractivity contribution in [2.75, 3.05) is 53.6 Å². The van der Waals surface area contributed by atoms with E-state index in [0.717, 1.165) is 70.2 Å². The minimum absolute atomic E-state index is 0.498. The number of guanidine groups is 1. The molecule has 2 rings (SSSR count). The maximum atomic E-state index is 5.84. The van der Waals surface area contributed by atoms with Crippen molar-refractivity contribution in [1.82, 2.24) is 15.5 Å². The van der Waals surface area contributed by atoms with Gasteiger partial charge in [-0.2, -0.15) is 0 Å². The van der Waals surface area contributed by atoms with Gasteiger partial charge in [-0.25, -0.2) is 0 Å². The zero-order valence-corrected chi connectivity index (χ0v) is 17.2. The van der Waals surface area contributed by atoms with Crippen LogP contribution < -0.4 is 15.4 Å². The molecule has 0 atom stereocenters. The van der Waals surface area contributed by atoms with Crippen molar-refractivity contribution in [3.8, 4) is 5.75 Å². The zero-order valence-electron chi connectivity index (χ0n) is 17.2. The molecule has 0 saturated carbocycles. The van der Waals surface area contributed by atoms with Crippen LogP contribution in [-0.2, 0) is 4.74 Å². The number of rotatable bonds is 10. The summed E-state index contributed by atoms with van der Waals surface area (Å²) in [5.41, 5.74) is 1.18. The van der Waals surface area contributed by atoms with Crippen LogP contribution >= 0.6 is 0 Å². The first-order valence-corrected chi connectivity index (χ1v) is 10.1. The molecule has 152 valence electrons. The number of likely N-dealkylation sites (tertiary alicyclic amines) is 1. The second kappa shape index (κ2) is 12.6. The first-order chi connectivity index (χ1) is 13.2. The van der Waals surface area contributed by atoms with Crippen molar-refractivity contribution >= 4 is 5.96 Å². The van der Waals surface area contributed by atoms with Crippen LogP contribution in [0.15, 0.2) is 29.3 Å². The molecule has 1 heterocycles.